The topological polar surface area (TPSA) is 87.7 Å². The van der Waals surface area contributed by atoms with Gasteiger partial charge in [-0.05, 0) is 16.7 Å². The summed E-state index contributed by atoms with van der Waals surface area (Å²) in [6, 6.07) is 27.0. The molecule has 1 unspecified atom stereocenters. The quantitative estimate of drug-likeness (QED) is 0.476. The maximum Gasteiger partial charge on any atom is 0.246 e. The van der Waals surface area contributed by atoms with Crippen molar-refractivity contribution in [2.45, 2.75) is 31.7 Å². The van der Waals surface area contributed by atoms with Gasteiger partial charge >= 0.3 is 0 Å². The summed E-state index contributed by atoms with van der Waals surface area (Å²) in [7, 11) is 0. The van der Waals surface area contributed by atoms with Crippen LogP contribution in [0.15, 0.2) is 91.0 Å². The zero-order valence-electron chi connectivity index (χ0n) is 19.4. The fraction of sp³-hybridized carbons (Fsp3) is 0.250. The molecule has 1 heterocycles. The second-order valence-corrected chi connectivity index (χ2v) is 8.50. The average Bonchev–Trinajstić information content (AvgIpc) is 2.89. The maximum atomic E-state index is 13.4. The summed E-state index contributed by atoms with van der Waals surface area (Å²) in [5, 5.41) is 5.68. The smallest absolute Gasteiger partial charge is 0.246 e. The van der Waals surface area contributed by atoms with Crippen LogP contribution in [0.25, 0.3) is 0 Å². The summed E-state index contributed by atoms with van der Waals surface area (Å²) in [5.41, 5.74) is 2.83. The minimum atomic E-state index is -0.931. The Labute approximate surface area is 205 Å². The van der Waals surface area contributed by atoms with E-state index in [1.807, 2.05) is 91.0 Å². The molecule has 2 N–H and O–H groups in total. The Morgan fingerprint density at radius 1 is 0.886 bits per heavy atom. The molecule has 0 aliphatic carbocycles. The summed E-state index contributed by atoms with van der Waals surface area (Å²) in [5.74, 6) is -0.950. The Balaban J connectivity index is 1.48. The monoisotopic (exact) mass is 471 g/mol. The zero-order valence-corrected chi connectivity index (χ0v) is 19.4. The second-order valence-electron chi connectivity index (χ2n) is 8.50. The summed E-state index contributed by atoms with van der Waals surface area (Å²) in [4.78, 5) is 40.6. The van der Waals surface area contributed by atoms with Crippen molar-refractivity contribution in [1.29, 1.82) is 0 Å². The van der Waals surface area contributed by atoms with Crippen molar-refractivity contribution in [1.82, 2.24) is 15.5 Å². The maximum absolute atomic E-state index is 13.4. The predicted octanol–water partition coefficient (Wildman–Crippen LogP) is 2.46. The van der Waals surface area contributed by atoms with Crippen LogP contribution >= 0.6 is 0 Å². The summed E-state index contributed by atoms with van der Waals surface area (Å²) >= 11 is 0. The molecule has 7 nitrogen and oxygen atoms in total. The highest BCUT2D eigenvalue weighted by molar-refractivity contribution is 5.98. The van der Waals surface area contributed by atoms with Crippen LogP contribution < -0.4 is 10.6 Å². The molecule has 0 radical (unpaired) electrons. The number of amides is 3. The highest BCUT2D eigenvalue weighted by atomic mass is 16.5. The molecule has 0 saturated carbocycles. The molecule has 1 aliphatic rings. The molecular weight excluding hydrogens is 442 g/mol. The first-order valence-corrected chi connectivity index (χ1v) is 11.7. The molecule has 0 bridgehead atoms. The van der Waals surface area contributed by atoms with Crippen molar-refractivity contribution in [2.75, 3.05) is 13.2 Å². The molecule has 0 spiro atoms. The number of benzene rings is 3. The van der Waals surface area contributed by atoms with Crippen molar-refractivity contribution in [3.8, 4) is 0 Å². The van der Waals surface area contributed by atoms with Gasteiger partial charge in [0.1, 0.15) is 18.6 Å². The second kappa shape index (κ2) is 11.9. The third-order valence-electron chi connectivity index (χ3n) is 5.89. The van der Waals surface area contributed by atoms with E-state index in [9.17, 15) is 14.4 Å². The van der Waals surface area contributed by atoms with Crippen molar-refractivity contribution in [2.24, 2.45) is 0 Å². The molecule has 1 saturated heterocycles. The van der Waals surface area contributed by atoms with Crippen molar-refractivity contribution in [3.63, 3.8) is 0 Å². The van der Waals surface area contributed by atoms with Crippen LogP contribution in [0.3, 0.4) is 0 Å². The number of carbonyl (C=O) groups is 3. The van der Waals surface area contributed by atoms with Gasteiger partial charge in [-0.25, -0.2) is 0 Å². The lowest BCUT2D eigenvalue weighted by atomic mass is 10.0. The van der Waals surface area contributed by atoms with Crippen LogP contribution in [0.2, 0.25) is 0 Å². The number of nitrogens with zero attached hydrogens (tertiary/aromatic N) is 1. The minimum Gasteiger partial charge on any atom is -0.374 e. The van der Waals surface area contributed by atoms with E-state index in [1.165, 1.54) is 4.90 Å². The van der Waals surface area contributed by atoms with Gasteiger partial charge in [-0.1, -0.05) is 91.0 Å². The minimum absolute atomic E-state index is 0.0212. The largest absolute Gasteiger partial charge is 0.374 e. The van der Waals surface area contributed by atoms with Gasteiger partial charge in [-0.2, -0.15) is 0 Å². The lowest BCUT2D eigenvalue weighted by Crippen LogP contribution is -2.64. The van der Waals surface area contributed by atoms with E-state index >= 15 is 0 Å². The van der Waals surface area contributed by atoms with Crippen LogP contribution in [-0.4, -0.2) is 47.9 Å². The average molecular weight is 472 g/mol. The lowest BCUT2D eigenvalue weighted by molar-refractivity contribution is -0.152. The van der Waals surface area contributed by atoms with E-state index < -0.39 is 12.1 Å². The molecule has 1 aliphatic heterocycles. The van der Waals surface area contributed by atoms with Crippen LogP contribution in [0.1, 0.15) is 16.7 Å². The Morgan fingerprint density at radius 3 is 2.09 bits per heavy atom. The molecule has 0 aromatic heterocycles. The first kappa shape index (κ1) is 24.2. The van der Waals surface area contributed by atoms with Crippen molar-refractivity contribution in [3.05, 3.63) is 108 Å². The number of rotatable bonds is 10. The summed E-state index contributed by atoms with van der Waals surface area (Å²) < 4.78 is 5.86. The first-order chi connectivity index (χ1) is 17.1. The van der Waals surface area contributed by atoms with E-state index in [-0.39, 0.29) is 30.9 Å². The molecule has 3 amide bonds. The van der Waals surface area contributed by atoms with Crippen LogP contribution in [0, 0.1) is 0 Å². The molecule has 180 valence electrons. The molecule has 1 fully saturated rings. The van der Waals surface area contributed by atoms with Crippen LogP contribution in [0.5, 0.6) is 0 Å². The fourth-order valence-electron chi connectivity index (χ4n) is 4.06. The van der Waals surface area contributed by atoms with E-state index in [1.54, 1.807) is 0 Å². The van der Waals surface area contributed by atoms with Gasteiger partial charge in [-0.3, -0.25) is 14.4 Å². The number of nitrogens with one attached hydrogen (secondary N) is 2. The van der Waals surface area contributed by atoms with Gasteiger partial charge in [0.05, 0.1) is 13.2 Å². The molecule has 3 aromatic rings. The number of carbonyl (C=O) groups excluding carboxylic acids is 3. The molecule has 2 atom stereocenters. The standard InChI is InChI=1S/C28H29N3O4/c32-26-18-31(28(34)24(30-26)16-21-10-4-1-5-11-21)25(20-35-19-23-14-8-3-9-15-23)27(33)29-17-22-12-6-2-7-13-22/h1-15,24-25H,16-20H2,(H,29,33)(H,30,32)/t24-,25?/m0/s1. The molecular formula is C28H29N3O4. The van der Waals surface area contributed by atoms with Gasteiger partial charge in [0.2, 0.25) is 17.7 Å². The Hall–Kier alpha value is -3.97. The normalized spacial score (nSPS) is 16.5. The Kier molecular flexibility index (Phi) is 8.25. The molecule has 35 heavy (non-hydrogen) atoms. The van der Waals surface area contributed by atoms with Gasteiger partial charge in [-0.15, -0.1) is 0 Å². The lowest BCUT2D eigenvalue weighted by Gasteiger charge is -2.37. The SMILES string of the molecule is O=C1CN(C(COCc2ccccc2)C(=O)NCc2ccccc2)C(=O)[C@H](Cc2ccccc2)N1. The fourth-order valence-corrected chi connectivity index (χ4v) is 4.06. The van der Waals surface area contributed by atoms with Crippen molar-refractivity contribution >= 4 is 17.7 Å². The van der Waals surface area contributed by atoms with Crippen LogP contribution in [0.4, 0.5) is 0 Å². The number of piperazine rings is 1. The van der Waals surface area contributed by atoms with Gasteiger partial charge in [0, 0.05) is 13.0 Å². The third kappa shape index (κ3) is 6.77. The molecule has 7 heteroatoms. The van der Waals surface area contributed by atoms with Crippen LogP contribution in [-0.2, 0) is 38.7 Å². The molecule has 4 rings (SSSR count). The summed E-state index contributed by atoms with van der Waals surface area (Å²) in [6.45, 7) is 0.399. The van der Waals surface area contributed by atoms with Gasteiger partial charge < -0.3 is 20.3 Å². The van der Waals surface area contributed by atoms with E-state index in [0.717, 1.165) is 16.7 Å². The Bertz CT molecular complexity index is 1120. The number of ether oxygens (including phenoxy) is 1. The molecule has 3 aromatic carbocycles. The highest BCUT2D eigenvalue weighted by Gasteiger charge is 2.39. The highest BCUT2D eigenvalue weighted by Crippen LogP contribution is 2.14. The Morgan fingerprint density at radius 2 is 1.46 bits per heavy atom. The number of hydrogen-bond acceptors (Lipinski definition) is 4. The van der Waals surface area contributed by atoms with E-state index in [2.05, 4.69) is 10.6 Å². The van der Waals surface area contributed by atoms with Gasteiger partial charge in [0.15, 0.2) is 0 Å². The zero-order chi connectivity index (χ0) is 24.5. The van der Waals surface area contributed by atoms with Gasteiger partial charge in [0.25, 0.3) is 0 Å². The van der Waals surface area contributed by atoms with E-state index in [0.29, 0.717) is 19.6 Å². The third-order valence-corrected chi connectivity index (χ3v) is 5.89. The first-order valence-electron chi connectivity index (χ1n) is 11.7. The summed E-state index contributed by atoms with van der Waals surface area (Å²) in [6.07, 6.45) is 0.352. The predicted molar refractivity (Wildman–Crippen MR) is 132 cm³/mol. The number of hydrogen-bond donors (Lipinski definition) is 2. The van der Waals surface area contributed by atoms with Crippen molar-refractivity contribution < 1.29 is 19.1 Å². The van der Waals surface area contributed by atoms with E-state index in [4.69, 9.17) is 4.74 Å².